The van der Waals surface area contributed by atoms with Gasteiger partial charge in [-0.25, -0.2) is 4.99 Å². The van der Waals surface area contributed by atoms with Gasteiger partial charge in [0.05, 0.1) is 26.4 Å². The number of aryl methyl sites for hydroxylation is 2. The Labute approximate surface area is 190 Å². The van der Waals surface area contributed by atoms with E-state index in [2.05, 4.69) is 56.5 Å². The molecule has 1 unspecified atom stereocenters. The molecule has 0 radical (unpaired) electrons. The van der Waals surface area contributed by atoms with E-state index in [9.17, 15) is 0 Å². The van der Waals surface area contributed by atoms with Crippen molar-refractivity contribution in [2.24, 2.45) is 12.0 Å². The minimum Gasteiger partial charge on any atom is -0.379 e. The van der Waals surface area contributed by atoms with Crippen molar-refractivity contribution in [3.8, 4) is 0 Å². The molecule has 2 fully saturated rings. The Balaban J connectivity index is 1.46. The third-order valence-electron chi connectivity index (χ3n) is 6.27. The molecule has 0 aliphatic carbocycles. The average molecular weight is 442 g/mol. The zero-order chi connectivity index (χ0) is 22.3. The van der Waals surface area contributed by atoms with Crippen molar-refractivity contribution >= 4 is 5.96 Å². The van der Waals surface area contributed by atoms with Crippen LogP contribution in [-0.4, -0.2) is 89.6 Å². The highest BCUT2D eigenvalue weighted by atomic mass is 16.5. The maximum atomic E-state index is 6.14. The Morgan fingerprint density at radius 2 is 1.94 bits per heavy atom. The molecule has 4 rings (SSSR count). The van der Waals surface area contributed by atoms with Crippen LogP contribution in [0.3, 0.4) is 0 Å². The highest BCUT2D eigenvalue weighted by Crippen LogP contribution is 2.25. The van der Waals surface area contributed by atoms with Gasteiger partial charge in [-0.15, -0.1) is 10.2 Å². The van der Waals surface area contributed by atoms with Crippen molar-refractivity contribution in [2.75, 3.05) is 59.1 Å². The second-order valence-corrected chi connectivity index (χ2v) is 8.41. The second kappa shape index (κ2) is 10.9. The number of ether oxygens (including phenoxy) is 2. The van der Waals surface area contributed by atoms with Gasteiger partial charge in [0.15, 0.2) is 11.8 Å². The van der Waals surface area contributed by atoms with Crippen LogP contribution >= 0.6 is 0 Å². The van der Waals surface area contributed by atoms with E-state index in [0.717, 1.165) is 70.1 Å². The first-order valence-electron chi connectivity index (χ1n) is 11.5. The summed E-state index contributed by atoms with van der Waals surface area (Å²) < 4.78 is 13.6. The molecule has 174 valence electrons. The number of benzene rings is 1. The fourth-order valence-corrected chi connectivity index (χ4v) is 4.13. The molecule has 1 atom stereocenters. The maximum Gasteiger partial charge on any atom is 0.194 e. The number of nitrogens with one attached hydrogen (secondary N) is 1. The molecule has 0 amide bonds. The van der Waals surface area contributed by atoms with Crippen LogP contribution in [-0.2, 0) is 23.1 Å². The Hall–Kier alpha value is -2.49. The van der Waals surface area contributed by atoms with Gasteiger partial charge in [-0.3, -0.25) is 4.90 Å². The van der Waals surface area contributed by atoms with Crippen molar-refractivity contribution in [3.05, 3.63) is 47.0 Å². The van der Waals surface area contributed by atoms with Crippen molar-refractivity contribution in [2.45, 2.75) is 26.5 Å². The van der Waals surface area contributed by atoms with Crippen molar-refractivity contribution in [1.82, 2.24) is 29.9 Å². The molecule has 1 aromatic carbocycles. The van der Waals surface area contributed by atoms with Crippen LogP contribution in [0.25, 0.3) is 0 Å². The van der Waals surface area contributed by atoms with Gasteiger partial charge in [-0.1, -0.05) is 24.3 Å². The Morgan fingerprint density at radius 3 is 2.69 bits per heavy atom. The summed E-state index contributed by atoms with van der Waals surface area (Å²) >= 11 is 0. The molecule has 9 heteroatoms. The molecule has 32 heavy (non-hydrogen) atoms. The van der Waals surface area contributed by atoms with Crippen LogP contribution in [0.4, 0.5) is 0 Å². The van der Waals surface area contributed by atoms with E-state index in [0.29, 0.717) is 13.2 Å². The number of aromatic nitrogens is 3. The smallest absolute Gasteiger partial charge is 0.194 e. The SMILES string of the molecule is Cc1ccccc1C1CN(C(=NCc2nnc(C)n2C)NCCN2CCOCC2)CCO1. The molecule has 3 heterocycles. The number of nitrogens with zero attached hydrogens (tertiary/aromatic N) is 6. The zero-order valence-electron chi connectivity index (χ0n) is 19.5. The summed E-state index contributed by atoms with van der Waals surface area (Å²) in [6, 6.07) is 8.46. The highest BCUT2D eigenvalue weighted by molar-refractivity contribution is 5.80. The van der Waals surface area contributed by atoms with E-state index < -0.39 is 0 Å². The molecular weight excluding hydrogens is 406 g/mol. The van der Waals surface area contributed by atoms with Crippen LogP contribution in [0.15, 0.2) is 29.3 Å². The summed E-state index contributed by atoms with van der Waals surface area (Å²) in [5.41, 5.74) is 2.50. The lowest BCUT2D eigenvalue weighted by molar-refractivity contribution is -0.00850. The normalized spacial score (nSPS) is 20.5. The standard InChI is InChI=1S/C23H35N7O2/c1-18-6-4-5-7-20(18)21-17-30(12-15-32-21)23(24-8-9-29-10-13-31-14-11-29)25-16-22-27-26-19(2)28(22)3/h4-7,21H,8-17H2,1-3H3,(H,24,25). The summed E-state index contributed by atoms with van der Waals surface area (Å²) in [4.78, 5) is 9.67. The van der Waals surface area contributed by atoms with Crippen molar-refractivity contribution < 1.29 is 9.47 Å². The number of hydrogen-bond acceptors (Lipinski definition) is 6. The summed E-state index contributed by atoms with van der Waals surface area (Å²) in [5.74, 6) is 2.66. The van der Waals surface area contributed by atoms with Gasteiger partial charge in [0, 0.05) is 39.8 Å². The number of guanidine groups is 1. The second-order valence-electron chi connectivity index (χ2n) is 8.41. The fourth-order valence-electron chi connectivity index (χ4n) is 4.13. The Bertz CT molecular complexity index is 907. The molecule has 2 aliphatic rings. The summed E-state index contributed by atoms with van der Waals surface area (Å²) in [7, 11) is 1.98. The van der Waals surface area contributed by atoms with Crippen LogP contribution in [0.2, 0.25) is 0 Å². The Morgan fingerprint density at radius 1 is 1.12 bits per heavy atom. The lowest BCUT2D eigenvalue weighted by Gasteiger charge is -2.36. The first-order valence-corrected chi connectivity index (χ1v) is 11.5. The molecule has 2 aliphatic heterocycles. The van der Waals surface area contributed by atoms with E-state index in [-0.39, 0.29) is 6.10 Å². The number of hydrogen-bond donors (Lipinski definition) is 1. The number of morpholine rings is 2. The van der Waals surface area contributed by atoms with Gasteiger partial charge < -0.3 is 24.3 Å². The quantitative estimate of drug-likeness (QED) is 0.534. The number of rotatable bonds is 6. The van der Waals surface area contributed by atoms with E-state index in [1.54, 1.807) is 0 Å². The lowest BCUT2D eigenvalue weighted by Crippen LogP contribution is -2.50. The monoisotopic (exact) mass is 441 g/mol. The average Bonchev–Trinajstić information content (AvgIpc) is 3.14. The predicted octanol–water partition coefficient (Wildman–Crippen LogP) is 1.28. The van der Waals surface area contributed by atoms with E-state index in [1.807, 2.05) is 18.5 Å². The molecule has 2 aromatic rings. The molecule has 9 nitrogen and oxygen atoms in total. The molecular formula is C23H35N7O2. The largest absolute Gasteiger partial charge is 0.379 e. The van der Waals surface area contributed by atoms with E-state index in [1.165, 1.54) is 11.1 Å². The first-order chi connectivity index (χ1) is 15.6. The van der Waals surface area contributed by atoms with Gasteiger partial charge in [0.2, 0.25) is 0 Å². The van der Waals surface area contributed by atoms with E-state index >= 15 is 0 Å². The molecule has 1 aromatic heterocycles. The Kier molecular flexibility index (Phi) is 7.72. The van der Waals surface area contributed by atoms with Gasteiger partial charge in [0.25, 0.3) is 0 Å². The third kappa shape index (κ3) is 5.65. The third-order valence-corrected chi connectivity index (χ3v) is 6.27. The van der Waals surface area contributed by atoms with Gasteiger partial charge in [-0.05, 0) is 25.0 Å². The summed E-state index contributed by atoms with van der Waals surface area (Å²) in [5, 5.41) is 12.0. The van der Waals surface area contributed by atoms with Crippen LogP contribution in [0, 0.1) is 13.8 Å². The van der Waals surface area contributed by atoms with Crippen LogP contribution in [0.1, 0.15) is 28.9 Å². The van der Waals surface area contributed by atoms with Crippen LogP contribution < -0.4 is 5.32 Å². The summed E-state index contributed by atoms with van der Waals surface area (Å²) in [6.07, 6.45) is 0.0354. The van der Waals surface area contributed by atoms with Gasteiger partial charge >= 0.3 is 0 Å². The lowest BCUT2D eigenvalue weighted by atomic mass is 10.0. The predicted molar refractivity (Wildman–Crippen MR) is 124 cm³/mol. The van der Waals surface area contributed by atoms with Crippen molar-refractivity contribution in [1.29, 1.82) is 0 Å². The highest BCUT2D eigenvalue weighted by Gasteiger charge is 2.25. The molecule has 0 saturated carbocycles. The fraction of sp³-hybridized carbons (Fsp3) is 0.609. The zero-order valence-corrected chi connectivity index (χ0v) is 19.5. The molecule has 1 N–H and O–H groups in total. The van der Waals surface area contributed by atoms with E-state index in [4.69, 9.17) is 14.5 Å². The van der Waals surface area contributed by atoms with Gasteiger partial charge in [0.1, 0.15) is 18.5 Å². The topological polar surface area (TPSA) is 80.0 Å². The van der Waals surface area contributed by atoms with Crippen LogP contribution in [0.5, 0.6) is 0 Å². The summed E-state index contributed by atoms with van der Waals surface area (Å²) in [6.45, 7) is 12.2. The molecule has 0 spiro atoms. The molecule has 0 bridgehead atoms. The van der Waals surface area contributed by atoms with Gasteiger partial charge in [-0.2, -0.15) is 0 Å². The number of aliphatic imine (C=N–C) groups is 1. The molecule has 2 saturated heterocycles. The first kappa shape index (κ1) is 22.7. The minimum absolute atomic E-state index is 0.0354. The maximum absolute atomic E-state index is 6.14. The minimum atomic E-state index is 0.0354. The van der Waals surface area contributed by atoms with Crippen molar-refractivity contribution in [3.63, 3.8) is 0 Å².